The molecule has 0 atom stereocenters. The Morgan fingerprint density at radius 2 is 1.47 bits per heavy atom. The van der Waals surface area contributed by atoms with E-state index < -0.39 is 0 Å². The molecule has 0 heteroatoms. The van der Waals surface area contributed by atoms with Crippen LogP contribution in [-0.4, -0.2) is 0 Å². The zero-order valence-electron chi connectivity index (χ0n) is 11.5. The molecular weight excluding hydrogens is 180 g/mol. The maximum Gasteiger partial charge on any atom is -0.00979 e. The molecule has 0 aromatic heterocycles. The van der Waals surface area contributed by atoms with Gasteiger partial charge in [0.05, 0.1) is 0 Å². The van der Waals surface area contributed by atoms with Crippen molar-refractivity contribution < 1.29 is 0 Å². The van der Waals surface area contributed by atoms with E-state index in [1.54, 1.807) is 0 Å². The number of hydrogen-bond acceptors (Lipinski definition) is 0. The van der Waals surface area contributed by atoms with Gasteiger partial charge in [0.2, 0.25) is 0 Å². The van der Waals surface area contributed by atoms with Gasteiger partial charge in [-0.05, 0) is 29.4 Å². The fourth-order valence-corrected chi connectivity index (χ4v) is 1.77. The number of rotatable bonds is 2. The number of hydrogen-bond donors (Lipinski definition) is 0. The molecule has 0 aliphatic heterocycles. The Labute approximate surface area is 96.8 Å². The largest absolute Gasteiger partial charge is 0.0988 e. The summed E-state index contributed by atoms with van der Waals surface area (Å²) in [5, 5.41) is 0. The minimum Gasteiger partial charge on any atom is -0.0988 e. The minimum atomic E-state index is 0.325. The molecule has 1 rings (SSSR count). The molecule has 0 unspecified atom stereocenters. The standard InChI is InChI=1S/C11H16.2C2H6/c1-5-9-7-8-11(3,4)10(9)6-2;2*1-2/h5-6H,1-2,7-8H2,3-4H3;2*1-2H3. The van der Waals surface area contributed by atoms with E-state index in [2.05, 4.69) is 27.0 Å². The topological polar surface area (TPSA) is 0 Å². The molecule has 0 nitrogen and oxygen atoms in total. The van der Waals surface area contributed by atoms with Crippen LogP contribution in [0.5, 0.6) is 0 Å². The summed E-state index contributed by atoms with van der Waals surface area (Å²) >= 11 is 0. The van der Waals surface area contributed by atoms with Crippen molar-refractivity contribution in [2.75, 3.05) is 0 Å². The molecule has 0 fully saturated rings. The predicted molar refractivity (Wildman–Crippen MR) is 73.1 cm³/mol. The van der Waals surface area contributed by atoms with Gasteiger partial charge in [0.15, 0.2) is 0 Å². The number of allylic oxidation sites excluding steroid dienone is 4. The molecule has 0 spiro atoms. The van der Waals surface area contributed by atoms with Gasteiger partial charge in [-0.2, -0.15) is 0 Å². The highest BCUT2D eigenvalue weighted by molar-refractivity contribution is 5.39. The molecule has 88 valence electrons. The highest BCUT2D eigenvalue weighted by Gasteiger charge is 2.28. The van der Waals surface area contributed by atoms with Crippen LogP contribution in [0.2, 0.25) is 0 Å². The van der Waals surface area contributed by atoms with Crippen molar-refractivity contribution in [1.29, 1.82) is 0 Å². The van der Waals surface area contributed by atoms with Gasteiger partial charge in [-0.15, -0.1) is 0 Å². The second-order valence-electron chi connectivity index (χ2n) is 3.73. The molecule has 0 N–H and O–H groups in total. The Bertz CT molecular complexity index is 216. The van der Waals surface area contributed by atoms with E-state index in [4.69, 9.17) is 0 Å². The third-order valence-corrected chi connectivity index (χ3v) is 2.54. The lowest BCUT2D eigenvalue weighted by Crippen LogP contribution is -2.07. The quantitative estimate of drug-likeness (QED) is 0.560. The molecule has 0 saturated heterocycles. The molecular formula is C15H28. The summed E-state index contributed by atoms with van der Waals surface area (Å²) in [4.78, 5) is 0. The Balaban J connectivity index is 0. The summed E-state index contributed by atoms with van der Waals surface area (Å²) in [6, 6.07) is 0. The fraction of sp³-hybridized carbons (Fsp3) is 0.600. The minimum absolute atomic E-state index is 0.325. The lowest BCUT2D eigenvalue weighted by atomic mass is 9.85. The van der Waals surface area contributed by atoms with Gasteiger partial charge in [-0.3, -0.25) is 0 Å². The molecule has 0 aromatic carbocycles. The van der Waals surface area contributed by atoms with Crippen LogP contribution in [0.3, 0.4) is 0 Å². The van der Waals surface area contributed by atoms with E-state index >= 15 is 0 Å². The molecule has 1 aliphatic carbocycles. The maximum atomic E-state index is 3.83. The van der Waals surface area contributed by atoms with Gasteiger partial charge in [-0.25, -0.2) is 0 Å². The normalized spacial score (nSPS) is 16.9. The third-order valence-electron chi connectivity index (χ3n) is 2.54. The van der Waals surface area contributed by atoms with E-state index in [0.29, 0.717) is 5.41 Å². The van der Waals surface area contributed by atoms with E-state index in [1.807, 2.05) is 39.8 Å². The van der Waals surface area contributed by atoms with Crippen LogP contribution in [-0.2, 0) is 0 Å². The molecule has 1 aliphatic rings. The van der Waals surface area contributed by atoms with Crippen molar-refractivity contribution >= 4 is 0 Å². The molecule has 0 radical (unpaired) electrons. The summed E-state index contributed by atoms with van der Waals surface area (Å²) in [5.74, 6) is 0. The summed E-state index contributed by atoms with van der Waals surface area (Å²) < 4.78 is 0. The fourth-order valence-electron chi connectivity index (χ4n) is 1.77. The zero-order valence-corrected chi connectivity index (χ0v) is 11.5. The average molecular weight is 208 g/mol. The summed E-state index contributed by atoms with van der Waals surface area (Å²) in [6.45, 7) is 20.2. The van der Waals surface area contributed by atoms with Crippen molar-refractivity contribution in [3.8, 4) is 0 Å². The summed E-state index contributed by atoms with van der Waals surface area (Å²) in [7, 11) is 0. The van der Waals surface area contributed by atoms with Crippen LogP contribution in [0.1, 0.15) is 54.4 Å². The van der Waals surface area contributed by atoms with Crippen molar-refractivity contribution in [3.63, 3.8) is 0 Å². The van der Waals surface area contributed by atoms with E-state index in [0.717, 1.165) is 6.42 Å². The van der Waals surface area contributed by atoms with E-state index in [-0.39, 0.29) is 0 Å². The van der Waals surface area contributed by atoms with Crippen molar-refractivity contribution in [2.24, 2.45) is 5.41 Å². The first-order valence-corrected chi connectivity index (χ1v) is 6.10. The first kappa shape index (κ1) is 16.6. The van der Waals surface area contributed by atoms with E-state index in [1.165, 1.54) is 17.6 Å². The van der Waals surface area contributed by atoms with Gasteiger partial charge in [0, 0.05) is 0 Å². The second kappa shape index (κ2) is 8.52. The predicted octanol–water partition coefficient (Wildman–Crippen LogP) is 5.53. The second-order valence-corrected chi connectivity index (χ2v) is 3.73. The summed E-state index contributed by atoms with van der Waals surface area (Å²) in [6.07, 6.45) is 6.34. The van der Waals surface area contributed by atoms with Crippen LogP contribution in [0.25, 0.3) is 0 Å². The highest BCUT2D eigenvalue weighted by Crippen LogP contribution is 2.42. The van der Waals surface area contributed by atoms with Crippen molar-refractivity contribution in [2.45, 2.75) is 54.4 Å². The van der Waals surface area contributed by atoms with E-state index in [9.17, 15) is 0 Å². The first-order valence-electron chi connectivity index (χ1n) is 6.10. The molecule has 0 bridgehead atoms. The average Bonchev–Trinajstić information content (AvgIpc) is 2.58. The molecule has 0 amide bonds. The van der Waals surface area contributed by atoms with Gasteiger partial charge in [-0.1, -0.05) is 66.9 Å². The van der Waals surface area contributed by atoms with Crippen LogP contribution < -0.4 is 0 Å². The van der Waals surface area contributed by atoms with Gasteiger partial charge in [0.1, 0.15) is 0 Å². The lowest BCUT2D eigenvalue weighted by Gasteiger charge is -2.19. The molecule has 0 saturated carbocycles. The van der Waals surface area contributed by atoms with Crippen LogP contribution in [0.15, 0.2) is 36.5 Å². The smallest absolute Gasteiger partial charge is 0.00979 e. The maximum absolute atomic E-state index is 3.83. The Hall–Kier alpha value is -0.780. The monoisotopic (exact) mass is 208 g/mol. The van der Waals surface area contributed by atoms with Gasteiger partial charge in [0.25, 0.3) is 0 Å². The highest BCUT2D eigenvalue weighted by atomic mass is 14.3. The Morgan fingerprint density at radius 3 is 1.73 bits per heavy atom. The molecule has 0 aromatic rings. The first-order chi connectivity index (χ1) is 7.11. The molecule has 0 heterocycles. The van der Waals surface area contributed by atoms with Gasteiger partial charge >= 0.3 is 0 Å². The Kier molecular flexibility index (Phi) is 9.46. The van der Waals surface area contributed by atoms with Crippen molar-refractivity contribution in [1.82, 2.24) is 0 Å². The Morgan fingerprint density at radius 1 is 1.00 bits per heavy atom. The summed E-state index contributed by atoms with van der Waals surface area (Å²) in [5.41, 5.74) is 3.09. The van der Waals surface area contributed by atoms with Crippen LogP contribution in [0, 0.1) is 5.41 Å². The van der Waals surface area contributed by atoms with Crippen molar-refractivity contribution in [3.05, 3.63) is 36.5 Å². The third kappa shape index (κ3) is 4.51. The van der Waals surface area contributed by atoms with Crippen LogP contribution >= 0.6 is 0 Å². The zero-order chi connectivity index (χ0) is 12.5. The molecule has 15 heavy (non-hydrogen) atoms. The SMILES string of the molecule is C=CC1=C(C=C)C(C)(C)CC1.CC.CC. The van der Waals surface area contributed by atoms with Crippen LogP contribution in [0.4, 0.5) is 0 Å². The lowest BCUT2D eigenvalue weighted by molar-refractivity contribution is 0.452. The van der Waals surface area contributed by atoms with Gasteiger partial charge < -0.3 is 0 Å².